The Morgan fingerprint density at radius 2 is 1.75 bits per heavy atom. The molecular formula is C12H9F3O. The van der Waals surface area contributed by atoms with Crippen molar-refractivity contribution in [2.45, 2.75) is 13.1 Å². The molecule has 0 atom stereocenters. The first-order valence-corrected chi connectivity index (χ1v) is 4.68. The number of aryl methyl sites for hydroxylation is 1. The topological polar surface area (TPSA) is 20.2 Å². The van der Waals surface area contributed by atoms with Crippen molar-refractivity contribution in [1.82, 2.24) is 0 Å². The summed E-state index contributed by atoms with van der Waals surface area (Å²) in [6.07, 6.45) is -4.45. The third-order valence-corrected chi connectivity index (χ3v) is 2.40. The smallest absolute Gasteiger partial charge is 0.417 e. The van der Waals surface area contributed by atoms with E-state index in [1.54, 1.807) is 19.1 Å². The standard InChI is InChI=1S/C12H9F3O/c1-7-2-3-8-5-9(16)6-11(10(8)4-7)12(13,14)15/h2-6,16H,1H3. The molecule has 1 nitrogen and oxygen atoms in total. The highest BCUT2D eigenvalue weighted by Gasteiger charge is 2.33. The van der Waals surface area contributed by atoms with Gasteiger partial charge in [0.2, 0.25) is 0 Å². The maximum atomic E-state index is 12.7. The van der Waals surface area contributed by atoms with E-state index in [9.17, 15) is 18.3 Å². The van der Waals surface area contributed by atoms with Gasteiger partial charge in [-0.05, 0) is 29.8 Å². The lowest BCUT2D eigenvalue weighted by molar-refractivity contribution is -0.136. The first-order valence-electron chi connectivity index (χ1n) is 4.68. The lowest BCUT2D eigenvalue weighted by atomic mass is 10.0. The highest BCUT2D eigenvalue weighted by Crippen LogP contribution is 2.37. The van der Waals surface area contributed by atoms with E-state index in [1.807, 2.05) is 0 Å². The third-order valence-electron chi connectivity index (χ3n) is 2.40. The summed E-state index contributed by atoms with van der Waals surface area (Å²) in [4.78, 5) is 0. The molecule has 1 N–H and O–H groups in total. The van der Waals surface area contributed by atoms with E-state index in [0.717, 1.165) is 11.6 Å². The van der Waals surface area contributed by atoms with E-state index in [0.29, 0.717) is 5.39 Å². The molecule has 0 spiro atoms. The number of phenols is 1. The fraction of sp³-hybridized carbons (Fsp3) is 0.167. The molecule has 2 aromatic carbocycles. The maximum absolute atomic E-state index is 12.7. The van der Waals surface area contributed by atoms with Gasteiger partial charge in [-0.25, -0.2) is 0 Å². The van der Waals surface area contributed by atoms with E-state index < -0.39 is 11.7 Å². The third kappa shape index (κ3) is 1.83. The Hall–Kier alpha value is -1.71. The maximum Gasteiger partial charge on any atom is 0.417 e. The van der Waals surface area contributed by atoms with Crippen molar-refractivity contribution >= 4 is 10.8 Å². The molecule has 0 unspecified atom stereocenters. The van der Waals surface area contributed by atoms with Crippen LogP contribution in [-0.2, 0) is 6.18 Å². The number of aromatic hydroxyl groups is 1. The number of alkyl halides is 3. The van der Waals surface area contributed by atoms with Crippen molar-refractivity contribution in [2.75, 3.05) is 0 Å². The van der Waals surface area contributed by atoms with Gasteiger partial charge in [0.1, 0.15) is 5.75 Å². The monoisotopic (exact) mass is 226 g/mol. The van der Waals surface area contributed by atoms with Crippen LogP contribution in [0.25, 0.3) is 10.8 Å². The summed E-state index contributed by atoms with van der Waals surface area (Å²) in [5, 5.41) is 9.75. The van der Waals surface area contributed by atoms with Crippen LogP contribution >= 0.6 is 0 Å². The fourth-order valence-electron chi connectivity index (χ4n) is 1.69. The minimum Gasteiger partial charge on any atom is -0.508 e. The Kier molecular flexibility index (Phi) is 2.30. The minimum absolute atomic E-state index is 0.116. The Labute approximate surface area is 90.1 Å². The fourth-order valence-corrected chi connectivity index (χ4v) is 1.69. The van der Waals surface area contributed by atoms with Crippen LogP contribution in [-0.4, -0.2) is 5.11 Å². The molecule has 0 aliphatic carbocycles. The van der Waals surface area contributed by atoms with Crippen molar-refractivity contribution in [1.29, 1.82) is 0 Å². The number of hydrogen-bond acceptors (Lipinski definition) is 1. The summed E-state index contributed by atoms with van der Waals surface area (Å²) in [6, 6.07) is 6.82. The molecule has 0 heterocycles. The molecule has 0 aliphatic heterocycles. The Morgan fingerprint density at radius 3 is 2.38 bits per heavy atom. The summed E-state index contributed by atoms with van der Waals surface area (Å²) in [7, 11) is 0. The van der Waals surface area contributed by atoms with Crippen molar-refractivity contribution in [3.63, 3.8) is 0 Å². The second-order valence-electron chi connectivity index (χ2n) is 3.72. The van der Waals surface area contributed by atoms with Gasteiger partial charge in [0.05, 0.1) is 5.56 Å². The average Bonchev–Trinajstić information content (AvgIpc) is 2.16. The van der Waals surface area contributed by atoms with E-state index in [1.165, 1.54) is 12.1 Å². The van der Waals surface area contributed by atoms with E-state index >= 15 is 0 Å². The van der Waals surface area contributed by atoms with Crippen LogP contribution in [0.2, 0.25) is 0 Å². The SMILES string of the molecule is Cc1ccc2cc(O)cc(C(F)(F)F)c2c1. The summed E-state index contributed by atoms with van der Waals surface area (Å²) in [5.74, 6) is -0.372. The van der Waals surface area contributed by atoms with Crippen LogP contribution in [0.3, 0.4) is 0 Å². The molecule has 4 heteroatoms. The second-order valence-corrected chi connectivity index (χ2v) is 3.72. The van der Waals surface area contributed by atoms with E-state index in [2.05, 4.69) is 0 Å². The Balaban J connectivity index is 2.85. The van der Waals surface area contributed by atoms with Crippen LogP contribution in [0, 0.1) is 6.92 Å². The molecule has 2 aromatic rings. The second kappa shape index (κ2) is 3.40. The quantitative estimate of drug-likeness (QED) is 0.722. The molecule has 0 amide bonds. The van der Waals surface area contributed by atoms with Gasteiger partial charge in [0, 0.05) is 0 Å². The Morgan fingerprint density at radius 1 is 1.06 bits per heavy atom. The van der Waals surface area contributed by atoms with Gasteiger partial charge in [-0.3, -0.25) is 0 Å². The number of phenolic OH excluding ortho intramolecular Hbond substituents is 1. The lowest BCUT2D eigenvalue weighted by Crippen LogP contribution is -2.05. The van der Waals surface area contributed by atoms with Gasteiger partial charge >= 0.3 is 6.18 Å². The van der Waals surface area contributed by atoms with Crippen LogP contribution in [0.15, 0.2) is 30.3 Å². The molecule has 84 valence electrons. The molecule has 0 aromatic heterocycles. The predicted molar refractivity (Wildman–Crippen MR) is 55.4 cm³/mol. The van der Waals surface area contributed by atoms with Gasteiger partial charge in [0.25, 0.3) is 0 Å². The van der Waals surface area contributed by atoms with Crippen molar-refractivity contribution < 1.29 is 18.3 Å². The molecule has 16 heavy (non-hydrogen) atoms. The zero-order valence-electron chi connectivity index (χ0n) is 8.47. The zero-order valence-corrected chi connectivity index (χ0v) is 8.47. The molecule has 2 rings (SSSR count). The minimum atomic E-state index is -4.45. The number of hydrogen-bond donors (Lipinski definition) is 1. The summed E-state index contributed by atoms with van der Waals surface area (Å²) >= 11 is 0. The number of halogens is 3. The van der Waals surface area contributed by atoms with Crippen molar-refractivity contribution in [3.05, 3.63) is 41.5 Å². The lowest BCUT2D eigenvalue weighted by Gasteiger charge is -2.11. The number of benzene rings is 2. The number of fused-ring (bicyclic) bond motifs is 1. The summed E-state index contributed by atoms with van der Waals surface area (Å²) in [6.45, 7) is 1.73. The first kappa shape index (κ1) is 10.8. The van der Waals surface area contributed by atoms with Gasteiger partial charge in [0.15, 0.2) is 0 Å². The van der Waals surface area contributed by atoms with E-state index in [4.69, 9.17) is 0 Å². The van der Waals surface area contributed by atoms with Crippen LogP contribution in [0.1, 0.15) is 11.1 Å². The molecular weight excluding hydrogens is 217 g/mol. The van der Waals surface area contributed by atoms with E-state index in [-0.39, 0.29) is 11.1 Å². The highest BCUT2D eigenvalue weighted by atomic mass is 19.4. The molecule has 0 saturated carbocycles. The largest absolute Gasteiger partial charge is 0.508 e. The van der Waals surface area contributed by atoms with Crippen LogP contribution < -0.4 is 0 Å². The summed E-state index contributed by atoms with van der Waals surface area (Å²) < 4.78 is 38.2. The van der Waals surface area contributed by atoms with Gasteiger partial charge < -0.3 is 5.11 Å². The van der Waals surface area contributed by atoms with Gasteiger partial charge in [-0.1, -0.05) is 23.8 Å². The average molecular weight is 226 g/mol. The molecule has 0 bridgehead atoms. The number of rotatable bonds is 0. The normalized spacial score (nSPS) is 12.0. The van der Waals surface area contributed by atoms with Crippen molar-refractivity contribution in [2.24, 2.45) is 0 Å². The Bertz CT molecular complexity index is 544. The molecule has 0 fully saturated rings. The van der Waals surface area contributed by atoms with Crippen LogP contribution in [0.5, 0.6) is 5.75 Å². The predicted octanol–water partition coefficient (Wildman–Crippen LogP) is 3.87. The first-order chi connectivity index (χ1) is 7.38. The van der Waals surface area contributed by atoms with Crippen molar-refractivity contribution in [3.8, 4) is 5.75 Å². The molecule has 0 radical (unpaired) electrons. The van der Waals surface area contributed by atoms with Crippen LogP contribution in [0.4, 0.5) is 13.2 Å². The summed E-state index contributed by atoms with van der Waals surface area (Å²) in [5.41, 5.74) is -0.0464. The highest BCUT2D eigenvalue weighted by molar-refractivity contribution is 5.88. The molecule has 0 aliphatic rings. The molecule has 0 saturated heterocycles. The van der Waals surface area contributed by atoms with Gasteiger partial charge in [-0.2, -0.15) is 13.2 Å². The zero-order chi connectivity index (χ0) is 11.9. The van der Waals surface area contributed by atoms with Gasteiger partial charge in [-0.15, -0.1) is 0 Å².